The van der Waals surface area contributed by atoms with Gasteiger partial charge in [-0.25, -0.2) is 4.98 Å². The second-order valence-electron chi connectivity index (χ2n) is 3.79. The Hall–Kier alpha value is -1.84. The van der Waals surface area contributed by atoms with Crippen LogP contribution in [0.3, 0.4) is 0 Å². The number of nitrogens with zero attached hydrogens (tertiary/aromatic N) is 3. The molecule has 0 saturated carbocycles. The maximum atomic E-state index is 9.42. The van der Waals surface area contributed by atoms with E-state index >= 15 is 0 Å². The zero-order valence-electron chi connectivity index (χ0n) is 8.54. The number of aliphatic hydroxyl groups excluding tert-OH is 2. The van der Waals surface area contributed by atoms with Gasteiger partial charge in [0.05, 0.1) is 29.7 Å². The van der Waals surface area contributed by atoms with Crippen LogP contribution in [0.25, 0.3) is 0 Å². The Bertz CT molecular complexity index is 433. The Morgan fingerprint density at radius 1 is 1.44 bits per heavy atom. The standard InChI is InChI=1S/C10H12N4O2/c11-2-6-1-7(12)3-13-10(6)14-4-8(15)9(16)5-14/h1,3,8-9,15-16H,4-5,12H2. The fraction of sp³-hybridized carbons (Fsp3) is 0.400. The maximum absolute atomic E-state index is 9.42. The van der Waals surface area contributed by atoms with E-state index in [1.807, 2.05) is 6.07 Å². The van der Waals surface area contributed by atoms with Crippen LogP contribution in [0, 0.1) is 11.3 Å². The van der Waals surface area contributed by atoms with Crippen LogP contribution in [0.15, 0.2) is 12.3 Å². The van der Waals surface area contributed by atoms with Gasteiger partial charge in [0.2, 0.25) is 0 Å². The number of aliphatic hydroxyl groups is 2. The zero-order valence-corrected chi connectivity index (χ0v) is 8.54. The lowest BCUT2D eigenvalue weighted by Gasteiger charge is -2.17. The van der Waals surface area contributed by atoms with Gasteiger partial charge in [-0.2, -0.15) is 5.26 Å². The lowest BCUT2D eigenvalue weighted by molar-refractivity contribution is 0.0572. The molecule has 2 heterocycles. The molecule has 1 aromatic heterocycles. The topological polar surface area (TPSA) is 106 Å². The Kier molecular flexibility index (Phi) is 2.64. The highest BCUT2D eigenvalue weighted by Crippen LogP contribution is 2.23. The predicted molar refractivity (Wildman–Crippen MR) is 57.6 cm³/mol. The molecule has 1 saturated heterocycles. The van der Waals surface area contributed by atoms with Gasteiger partial charge in [-0.15, -0.1) is 0 Å². The van der Waals surface area contributed by atoms with Crippen molar-refractivity contribution >= 4 is 11.5 Å². The highest BCUT2D eigenvalue weighted by atomic mass is 16.3. The monoisotopic (exact) mass is 220 g/mol. The van der Waals surface area contributed by atoms with Crippen LogP contribution >= 0.6 is 0 Å². The highest BCUT2D eigenvalue weighted by molar-refractivity contribution is 5.59. The minimum absolute atomic E-state index is 0.271. The Morgan fingerprint density at radius 2 is 2.06 bits per heavy atom. The molecule has 6 nitrogen and oxygen atoms in total. The molecule has 0 aliphatic carbocycles. The summed E-state index contributed by atoms with van der Waals surface area (Å²) in [5, 5.41) is 27.8. The molecule has 1 fully saturated rings. The second-order valence-corrected chi connectivity index (χ2v) is 3.79. The maximum Gasteiger partial charge on any atom is 0.146 e. The first-order valence-electron chi connectivity index (χ1n) is 4.88. The quantitative estimate of drug-likeness (QED) is 0.565. The lowest BCUT2D eigenvalue weighted by atomic mass is 10.2. The molecule has 2 rings (SSSR count). The molecule has 0 radical (unpaired) electrons. The van der Waals surface area contributed by atoms with Gasteiger partial charge in [0.1, 0.15) is 11.9 Å². The van der Waals surface area contributed by atoms with Crippen molar-refractivity contribution in [3.05, 3.63) is 17.8 Å². The van der Waals surface area contributed by atoms with Gasteiger partial charge < -0.3 is 20.8 Å². The fourth-order valence-corrected chi connectivity index (χ4v) is 1.75. The van der Waals surface area contributed by atoms with E-state index in [1.54, 1.807) is 4.90 Å². The third kappa shape index (κ3) is 1.78. The van der Waals surface area contributed by atoms with Crippen molar-refractivity contribution < 1.29 is 10.2 Å². The molecule has 84 valence electrons. The lowest BCUT2D eigenvalue weighted by Crippen LogP contribution is -2.23. The van der Waals surface area contributed by atoms with E-state index in [-0.39, 0.29) is 13.1 Å². The SMILES string of the molecule is N#Cc1cc(N)cnc1N1CC(O)C(O)C1. The number of rotatable bonds is 1. The number of anilines is 2. The van der Waals surface area contributed by atoms with Crippen LogP contribution in [-0.2, 0) is 0 Å². The summed E-state index contributed by atoms with van der Waals surface area (Å²) in [6.07, 6.45) is -0.149. The minimum Gasteiger partial charge on any atom is -0.397 e. The summed E-state index contributed by atoms with van der Waals surface area (Å²) >= 11 is 0. The Morgan fingerprint density at radius 3 is 2.62 bits per heavy atom. The van der Waals surface area contributed by atoms with E-state index in [2.05, 4.69) is 4.98 Å². The first kappa shape index (κ1) is 10.7. The number of hydrogen-bond acceptors (Lipinski definition) is 6. The largest absolute Gasteiger partial charge is 0.397 e. The number of pyridine rings is 1. The molecule has 1 aliphatic rings. The normalized spacial score (nSPS) is 24.4. The van der Waals surface area contributed by atoms with Gasteiger partial charge in [0, 0.05) is 13.1 Å². The second kappa shape index (κ2) is 3.96. The van der Waals surface area contributed by atoms with Crippen LogP contribution in [-0.4, -0.2) is 40.5 Å². The molecule has 2 atom stereocenters. The van der Waals surface area contributed by atoms with Gasteiger partial charge in [-0.3, -0.25) is 0 Å². The van der Waals surface area contributed by atoms with Gasteiger partial charge >= 0.3 is 0 Å². The first-order chi connectivity index (χ1) is 7.61. The Labute approximate surface area is 92.6 Å². The van der Waals surface area contributed by atoms with Crippen molar-refractivity contribution in [2.45, 2.75) is 12.2 Å². The molecule has 0 bridgehead atoms. The van der Waals surface area contributed by atoms with E-state index in [0.717, 1.165) is 0 Å². The van der Waals surface area contributed by atoms with Crippen molar-refractivity contribution in [3.8, 4) is 6.07 Å². The van der Waals surface area contributed by atoms with E-state index in [9.17, 15) is 10.2 Å². The van der Waals surface area contributed by atoms with Crippen molar-refractivity contribution in [1.29, 1.82) is 5.26 Å². The Balaban J connectivity index is 2.32. The number of nitriles is 1. The summed E-state index contributed by atoms with van der Waals surface area (Å²) in [6, 6.07) is 3.52. The van der Waals surface area contributed by atoms with Crippen LogP contribution in [0.1, 0.15) is 5.56 Å². The third-order valence-corrected chi connectivity index (χ3v) is 2.57. The van der Waals surface area contributed by atoms with E-state index in [0.29, 0.717) is 17.1 Å². The molecule has 4 N–H and O–H groups in total. The smallest absolute Gasteiger partial charge is 0.146 e. The average Bonchev–Trinajstić information content (AvgIpc) is 2.59. The van der Waals surface area contributed by atoms with Crippen molar-refractivity contribution in [1.82, 2.24) is 4.98 Å². The first-order valence-corrected chi connectivity index (χ1v) is 4.88. The van der Waals surface area contributed by atoms with Crippen LogP contribution in [0.2, 0.25) is 0 Å². The van der Waals surface area contributed by atoms with Gasteiger partial charge in [-0.1, -0.05) is 0 Å². The molecule has 1 aliphatic heterocycles. The molecular weight excluding hydrogens is 208 g/mol. The summed E-state index contributed by atoms with van der Waals surface area (Å²) in [6.45, 7) is 0.541. The number of hydrogen-bond donors (Lipinski definition) is 3. The van der Waals surface area contributed by atoms with Crippen LogP contribution < -0.4 is 10.6 Å². The summed E-state index contributed by atoms with van der Waals surface area (Å²) in [4.78, 5) is 5.73. The minimum atomic E-state index is -0.800. The van der Waals surface area contributed by atoms with Crippen molar-refractivity contribution in [2.24, 2.45) is 0 Å². The van der Waals surface area contributed by atoms with Crippen molar-refractivity contribution in [3.63, 3.8) is 0 Å². The van der Waals surface area contributed by atoms with Gasteiger partial charge in [0.25, 0.3) is 0 Å². The molecule has 6 heteroatoms. The number of aromatic nitrogens is 1. The number of nitrogens with two attached hydrogens (primary N) is 1. The van der Waals surface area contributed by atoms with Gasteiger partial charge in [0.15, 0.2) is 0 Å². The highest BCUT2D eigenvalue weighted by Gasteiger charge is 2.31. The number of nitrogen functional groups attached to an aromatic ring is 1. The summed E-state index contributed by atoms with van der Waals surface area (Å²) in [5.74, 6) is 0.451. The average molecular weight is 220 g/mol. The third-order valence-electron chi connectivity index (χ3n) is 2.57. The molecular formula is C10H12N4O2. The molecule has 1 aromatic rings. The molecule has 16 heavy (non-hydrogen) atoms. The molecule has 0 amide bonds. The van der Waals surface area contributed by atoms with E-state index in [1.165, 1.54) is 12.3 Å². The summed E-state index contributed by atoms with van der Waals surface area (Å²) in [5.41, 5.74) is 6.29. The zero-order chi connectivity index (χ0) is 11.7. The molecule has 0 spiro atoms. The van der Waals surface area contributed by atoms with Gasteiger partial charge in [-0.05, 0) is 6.07 Å². The summed E-state index contributed by atoms with van der Waals surface area (Å²) in [7, 11) is 0. The predicted octanol–water partition coefficient (Wildman–Crippen LogP) is -0.923. The number of β-amino-alcohol motifs (C(OH)–C–C–N with tert-alkyl or cyclic N) is 2. The summed E-state index contributed by atoms with van der Waals surface area (Å²) < 4.78 is 0. The van der Waals surface area contributed by atoms with Crippen molar-refractivity contribution in [2.75, 3.05) is 23.7 Å². The fourth-order valence-electron chi connectivity index (χ4n) is 1.75. The van der Waals surface area contributed by atoms with E-state index < -0.39 is 12.2 Å². The molecule has 0 aromatic carbocycles. The molecule has 2 unspecified atom stereocenters. The van der Waals surface area contributed by atoms with E-state index in [4.69, 9.17) is 11.0 Å². The van der Waals surface area contributed by atoms with Crippen LogP contribution in [0.5, 0.6) is 0 Å². The van der Waals surface area contributed by atoms with Crippen LogP contribution in [0.4, 0.5) is 11.5 Å².